The number of hydrogen-bond donors (Lipinski definition) is 0. The average Bonchev–Trinajstić information content (AvgIpc) is 4.08. The molecule has 12 aromatic carbocycles. The lowest BCUT2D eigenvalue weighted by Gasteiger charge is -2.16. The summed E-state index contributed by atoms with van der Waals surface area (Å²) in [4.78, 5) is 0. The predicted molar refractivity (Wildman–Crippen MR) is 311 cm³/mol. The first kappa shape index (κ1) is 43.0. The minimum Gasteiger partial charge on any atom is -0.309 e. The van der Waals surface area contributed by atoms with E-state index in [1.165, 1.54) is 93.4 Å². The Labute approximate surface area is 430 Å². The second-order valence-corrected chi connectivity index (χ2v) is 19.2. The van der Waals surface area contributed by atoms with Crippen molar-refractivity contribution in [2.45, 2.75) is 0 Å². The van der Waals surface area contributed by atoms with Crippen molar-refractivity contribution in [1.29, 1.82) is 0 Å². The van der Waals surface area contributed by atoms with Gasteiger partial charge in [-0.3, -0.25) is 0 Å². The minimum absolute atomic E-state index is 0.914. The molecule has 14 aromatic rings. The van der Waals surface area contributed by atoms with Gasteiger partial charge in [0.2, 0.25) is 0 Å². The molecule has 0 saturated heterocycles. The van der Waals surface area contributed by atoms with Crippen LogP contribution < -0.4 is 0 Å². The SMILES string of the molecule is c1ccc(-n2c3ccccc3c3cc(-c4ccccc4-c4ccccc4-c4ccc(-n5nc(-c6ccc(-c7ccc8ccccc8c7)cc6)cc5-c5ccc(-c6ccc7ccccc7c6)cc5)cc4)ccc32)cc1. The van der Waals surface area contributed by atoms with Crippen LogP contribution in [0.25, 0.3) is 133 Å². The van der Waals surface area contributed by atoms with Gasteiger partial charge in [0.05, 0.1) is 28.1 Å². The number of aromatic nitrogens is 3. The van der Waals surface area contributed by atoms with Crippen LogP contribution in [0.15, 0.2) is 285 Å². The Hall–Kier alpha value is -9.83. The fourth-order valence-electron chi connectivity index (χ4n) is 11.0. The first-order chi connectivity index (χ1) is 36.7. The highest BCUT2D eigenvalue weighted by Crippen LogP contribution is 2.42. The number of benzene rings is 12. The molecule has 14 rings (SSSR count). The van der Waals surface area contributed by atoms with Gasteiger partial charge in [0, 0.05) is 27.6 Å². The molecule has 0 spiro atoms. The number of rotatable bonds is 9. The molecule has 3 heteroatoms. The highest BCUT2D eigenvalue weighted by Gasteiger charge is 2.18. The van der Waals surface area contributed by atoms with Gasteiger partial charge in [-0.2, -0.15) is 5.10 Å². The molecule has 0 aliphatic heterocycles. The third-order valence-corrected chi connectivity index (χ3v) is 14.8. The maximum absolute atomic E-state index is 5.37. The van der Waals surface area contributed by atoms with Crippen molar-refractivity contribution in [3.63, 3.8) is 0 Å². The molecule has 2 aromatic heterocycles. The van der Waals surface area contributed by atoms with Crippen molar-refractivity contribution in [2.24, 2.45) is 0 Å². The summed E-state index contributed by atoms with van der Waals surface area (Å²) < 4.78 is 4.48. The van der Waals surface area contributed by atoms with Gasteiger partial charge < -0.3 is 4.57 Å². The van der Waals surface area contributed by atoms with Gasteiger partial charge >= 0.3 is 0 Å². The molecule has 0 unspecified atom stereocenters. The molecular formula is C71H47N3. The monoisotopic (exact) mass is 941 g/mol. The van der Waals surface area contributed by atoms with E-state index in [4.69, 9.17) is 5.10 Å². The van der Waals surface area contributed by atoms with E-state index in [0.717, 1.165) is 39.5 Å². The van der Waals surface area contributed by atoms with Gasteiger partial charge in [-0.1, -0.05) is 224 Å². The topological polar surface area (TPSA) is 22.8 Å². The second-order valence-electron chi connectivity index (χ2n) is 19.2. The summed E-state index contributed by atoms with van der Waals surface area (Å²) in [6.45, 7) is 0. The van der Waals surface area contributed by atoms with Crippen molar-refractivity contribution < 1.29 is 0 Å². The molecule has 0 aliphatic rings. The summed E-state index contributed by atoms with van der Waals surface area (Å²) in [5.41, 5.74) is 20.4. The van der Waals surface area contributed by atoms with Crippen LogP contribution in [0.1, 0.15) is 0 Å². The highest BCUT2D eigenvalue weighted by atomic mass is 15.3. The summed E-state index contributed by atoms with van der Waals surface area (Å²) in [7, 11) is 0. The lowest BCUT2D eigenvalue weighted by atomic mass is 9.89. The van der Waals surface area contributed by atoms with Gasteiger partial charge in [0.25, 0.3) is 0 Å². The van der Waals surface area contributed by atoms with Crippen LogP contribution in [0.2, 0.25) is 0 Å². The number of para-hydroxylation sites is 2. The second kappa shape index (κ2) is 18.1. The normalized spacial score (nSPS) is 11.5. The Balaban J connectivity index is 0.828. The standard InChI is InChI=1S/C71H47N3/c1-2-18-60(19-3-1)73-69-25-13-12-24-66(69)67-46-59(40-43-70(67)73)63-21-9-11-23-65(63)64-22-10-8-20-62(64)52-38-41-61(42-39-52)74-71(54-34-28-51(29-35-54)58-37-31-49-15-5-7-17-56(49)45-58)47-68(72-74)53-32-26-50(27-33-53)57-36-30-48-14-4-6-16-55(48)44-57/h1-47H. The zero-order valence-corrected chi connectivity index (χ0v) is 40.5. The predicted octanol–water partition coefficient (Wildman–Crippen LogP) is 18.9. The Morgan fingerprint density at radius 2 is 0.703 bits per heavy atom. The molecule has 0 radical (unpaired) electrons. The van der Waals surface area contributed by atoms with Crippen LogP contribution in [0.3, 0.4) is 0 Å². The molecule has 0 amide bonds. The molecule has 0 fully saturated rings. The molecule has 0 N–H and O–H groups in total. The van der Waals surface area contributed by atoms with Crippen molar-refractivity contribution in [2.75, 3.05) is 0 Å². The van der Waals surface area contributed by atoms with Gasteiger partial charge in [-0.05, 0) is 138 Å². The first-order valence-corrected chi connectivity index (χ1v) is 25.3. The third kappa shape index (κ3) is 7.67. The largest absolute Gasteiger partial charge is 0.309 e. The van der Waals surface area contributed by atoms with Crippen LogP contribution in [-0.2, 0) is 0 Å². The van der Waals surface area contributed by atoms with Crippen molar-refractivity contribution in [1.82, 2.24) is 14.3 Å². The molecule has 74 heavy (non-hydrogen) atoms. The smallest absolute Gasteiger partial charge is 0.0934 e. The fourth-order valence-corrected chi connectivity index (χ4v) is 11.0. The molecular weight excluding hydrogens is 895 g/mol. The van der Waals surface area contributed by atoms with Crippen LogP contribution in [0.5, 0.6) is 0 Å². The van der Waals surface area contributed by atoms with Gasteiger partial charge in [0.15, 0.2) is 0 Å². The van der Waals surface area contributed by atoms with Crippen LogP contribution >= 0.6 is 0 Å². The maximum atomic E-state index is 5.37. The van der Waals surface area contributed by atoms with E-state index in [0.29, 0.717) is 0 Å². The summed E-state index contributed by atoms with van der Waals surface area (Å²) in [6.07, 6.45) is 0. The van der Waals surface area contributed by atoms with E-state index in [9.17, 15) is 0 Å². The molecule has 0 saturated carbocycles. The molecule has 3 nitrogen and oxygen atoms in total. The van der Waals surface area contributed by atoms with Crippen LogP contribution in [0.4, 0.5) is 0 Å². The summed E-state index contributed by atoms with van der Waals surface area (Å²) in [5.74, 6) is 0. The van der Waals surface area contributed by atoms with Gasteiger partial charge in [-0.25, -0.2) is 4.68 Å². The Bertz CT molecular complexity index is 4390. The molecule has 346 valence electrons. The Morgan fingerprint density at radius 3 is 1.34 bits per heavy atom. The van der Waals surface area contributed by atoms with Gasteiger partial charge in [-0.15, -0.1) is 0 Å². The molecule has 0 aliphatic carbocycles. The lowest BCUT2D eigenvalue weighted by Crippen LogP contribution is -1.99. The van der Waals surface area contributed by atoms with Crippen molar-refractivity contribution in [3.8, 4) is 89.5 Å². The summed E-state index contributed by atoms with van der Waals surface area (Å²) in [5, 5.41) is 12.8. The summed E-state index contributed by atoms with van der Waals surface area (Å²) in [6, 6.07) is 103. The van der Waals surface area contributed by atoms with E-state index < -0.39 is 0 Å². The molecule has 0 atom stereocenters. The number of nitrogens with zero attached hydrogens (tertiary/aromatic N) is 3. The van der Waals surface area contributed by atoms with Crippen molar-refractivity contribution >= 4 is 43.4 Å². The number of hydrogen-bond acceptors (Lipinski definition) is 1. The van der Waals surface area contributed by atoms with E-state index in [2.05, 4.69) is 294 Å². The Kier molecular flexibility index (Phi) is 10.5. The zero-order chi connectivity index (χ0) is 49.0. The first-order valence-electron chi connectivity index (χ1n) is 25.3. The fraction of sp³-hybridized carbons (Fsp3) is 0. The van der Waals surface area contributed by atoms with E-state index in [1.807, 2.05) is 0 Å². The van der Waals surface area contributed by atoms with Gasteiger partial charge in [0.1, 0.15) is 0 Å². The van der Waals surface area contributed by atoms with Crippen molar-refractivity contribution in [3.05, 3.63) is 285 Å². The summed E-state index contributed by atoms with van der Waals surface area (Å²) >= 11 is 0. The Morgan fingerprint density at radius 1 is 0.243 bits per heavy atom. The quantitative estimate of drug-likeness (QED) is 0.141. The van der Waals surface area contributed by atoms with E-state index in [1.54, 1.807) is 0 Å². The molecule has 0 bridgehead atoms. The molecule has 2 heterocycles. The van der Waals surface area contributed by atoms with Crippen LogP contribution in [-0.4, -0.2) is 14.3 Å². The number of fused-ring (bicyclic) bond motifs is 5. The lowest BCUT2D eigenvalue weighted by molar-refractivity contribution is 0.892. The average molecular weight is 942 g/mol. The highest BCUT2D eigenvalue weighted by molar-refractivity contribution is 6.11. The third-order valence-electron chi connectivity index (χ3n) is 14.8. The van der Waals surface area contributed by atoms with Crippen LogP contribution in [0, 0.1) is 0 Å². The van der Waals surface area contributed by atoms with E-state index >= 15 is 0 Å². The minimum atomic E-state index is 0.914. The maximum Gasteiger partial charge on any atom is 0.0934 e. The van der Waals surface area contributed by atoms with E-state index in [-0.39, 0.29) is 0 Å². The zero-order valence-electron chi connectivity index (χ0n) is 40.5.